The SMILES string of the molecule is CCOc1ccc(C(=O)N2Cc3ccccc3C[C@H]2C(N)=O)cc1OC. The molecule has 1 heterocycles. The Bertz CT molecular complexity index is 834. The second kappa shape index (κ2) is 7.47. The summed E-state index contributed by atoms with van der Waals surface area (Å²) in [6, 6.07) is 12.1. The highest BCUT2D eigenvalue weighted by Crippen LogP contribution is 2.30. The Morgan fingerprint density at radius 1 is 1.15 bits per heavy atom. The van der Waals surface area contributed by atoms with Crippen LogP contribution in [0.4, 0.5) is 0 Å². The Hall–Kier alpha value is -3.02. The molecule has 0 unspecified atom stereocenters. The van der Waals surface area contributed by atoms with E-state index in [9.17, 15) is 9.59 Å². The molecule has 6 nitrogen and oxygen atoms in total. The number of hydrogen-bond donors (Lipinski definition) is 1. The summed E-state index contributed by atoms with van der Waals surface area (Å²) < 4.78 is 10.8. The fourth-order valence-corrected chi connectivity index (χ4v) is 3.23. The quantitative estimate of drug-likeness (QED) is 0.892. The number of carbonyl (C=O) groups excluding carboxylic acids is 2. The van der Waals surface area contributed by atoms with Crippen LogP contribution in [0, 0.1) is 0 Å². The first-order valence-corrected chi connectivity index (χ1v) is 8.53. The van der Waals surface area contributed by atoms with Crippen LogP contribution in [0.1, 0.15) is 28.4 Å². The van der Waals surface area contributed by atoms with E-state index < -0.39 is 11.9 Å². The zero-order valence-electron chi connectivity index (χ0n) is 14.9. The lowest BCUT2D eigenvalue weighted by Crippen LogP contribution is -2.51. The Morgan fingerprint density at radius 3 is 2.54 bits per heavy atom. The van der Waals surface area contributed by atoms with Crippen LogP contribution in [0.25, 0.3) is 0 Å². The third-order valence-corrected chi connectivity index (χ3v) is 4.55. The van der Waals surface area contributed by atoms with Crippen molar-refractivity contribution in [2.24, 2.45) is 5.73 Å². The highest BCUT2D eigenvalue weighted by atomic mass is 16.5. The monoisotopic (exact) mass is 354 g/mol. The lowest BCUT2D eigenvalue weighted by atomic mass is 9.93. The number of nitrogens with two attached hydrogens (primary N) is 1. The van der Waals surface area contributed by atoms with E-state index in [1.54, 1.807) is 18.2 Å². The minimum absolute atomic E-state index is 0.260. The van der Waals surface area contributed by atoms with Crippen molar-refractivity contribution in [2.45, 2.75) is 25.9 Å². The predicted molar refractivity (Wildman–Crippen MR) is 97.2 cm³/mol. The van der Waals surface area contributed by atoms with Gasteiger partial charge in [0, 0.05) is 18.5 Å². The lowest BCUT2D eigenvalue weighted by molar-refractivity contribution is -0.122. The van der Waals surface area contributed by atoms with Crippen molar-refractivity contribution >= 4 is 11.8 Å². The van der Waals surface area contributed by atoms with Gasteiger partial charge in [-0.15, -0.1) is 0 Å². The van der Waals surface area contributed by atoms with Gasteiger partial charge in [-0.05, 0) is 36.2 Å². The average molecular weight is 354 g/mol. The molecule has 0 spiro atoms. The van der Waals surface area contributed by atoms with E-state index in [0.717, 1.165) is 11.1 Å². The van der Waals surface area contributed by atoms with Crippen molar-refractivity contribution < 1.29 is 19.1 Å². The van der Waals surface area contributed by atoms with E-state index in [4.69, 9.17) is 15.2 Å². The molecule has 2 amide bonds. The summed E-state index contributed by atoms with van der Waals surface area (Å²) in [5.74, 6) is 0.281. The van der Waals surface area contributed by atoms with Gasteiger partial charge in [0.2, 0.25) is 5.91 Å². The second-order valence-corrected chi connectivity index (χ2v) is 6.12. The van der Waals surface area contributed by atoms with Gasteiger partial charge < -0.3 is 20.1 Å². The molecule has 1 aliphatic rings. The molecular formula is C20H22N2O4. The number of carbonyl (C=O) groups is 2. The van der Waals surface area contributed by atoms with Crippen molar-refractivity contribution in [3.05, 3.63) is 59.2 Å². The molecule has 1 atom stereocenters. The highest BCUT2D eigenvalue weighted by Gasteiger charge is 2.34. The van der Waals surface area contributed by atoms with Gasteiger partial charge in [-0.25, -0.2) is 0 Å². The van der Waals surface area contributed by atoms with Crippen LogP contribution in [-0.4, -0.2) is 36.5 Å². The summed E-state index contributed by atoms with van der Waals surface area (Å²) in [6.07, 6.45) is 0.422. The van der Waals surface area contributed by atoms with Gasteiger partial charge >= 0.3 is 0 Å². The number of hydrogen-bond acceptors (Lipinski definition) is 4. The number of benzene rings is 2. The van der Waals surface area contributed by atoms with Crippen molar-refractivity contribution in [3.63, 3.8) is 0 Å². The van der Waals surface area contributed by atoms with Gasteiger partial charge in [-0.3, -0.25) is 9.59 Å². The molecule has 2 aromatic rings. The van der Waals surface area contributed by atoms with Gasteiger partial charge in [-0.1, -0.05) is 24.3 Å². The maximum atomic E-state index is 13.1. The topological polar surface area (TPSA) is 81.9 Å². The van der Waals surface area contributed by atoms with Gasteiger partial charge in [-0.2, -0.15) is 0 Å². The number of ether oxygens (including phenoxy) is 2. The van der Waals surface area contributed by atoms with Crippen LogP contribution < -0.4 is 15.2 Å². The highest BCUT2D eigenvalue weighted by molar-refractivity contribution is 5.98. The van der Waals surface area contributed by atoms with Crippen molar-refractivity contribution in [2.75, 3.05) is 13.7 Å². The Balaban J connectivity index is 1.94. The molecule has 3 rings (SSSR count). The molecule has 0 aromatic heterocycles. The number of methoxy groups -OCH3 is 1. The first kappa shape index (κ1) is 17.8. The molecule has 0 saturated heterocycles. The van der Waals surface area contributed by atoms with E-state index in [1.165, 1.54) is 12.0 Å². The molecule has 26 heavy (non-hydrogen) atoms. The molecular weight excluding hydrogens is 332 g/mol. The summed E-state index contributed by atoms with van der Waals surface area (Å²) >= 11 is 0. The summed E-state index contributed by atoms with van der Waals surface area (Å²) in [4.78, 5) is 26.6. The largest absolute Gasteiger partial charge is 0.493 e. The third-order valence-electron chi connectivity index (χ3n) is 4.55. The van der Waals surface area contributed by atoms with Gasteiger partial charge in [0.15, 0.2) is 11.5 Å². The van der Waals surface area contributed by atoms with Gasteiger partial charge in [0.05, 0.1) is 13.7 Å². The molecule has 0 fully saturated rings. The minimum atomic E-state index is -0.671. The fraction of sp³-hybridized carbons (Fsp3) is 0.300. The van der Waals surface area contributed by atoms with Crippen molar-refractivity contribution in [3.8, 4) is 11.5 Å². The number of fused-ring (bicyclic) bond motifs is 1. The van der Waals surface area contributed by atoms with Crippen LogP contribution in [0.5, 0.6) is 11.5 Å². The molecule has 6 heteroatoms. The molecule has 1 aliphatic heterocycles. The number of nitrogens with zero attached hydrogens (tertiary/aromatic N) is 1. The van der Waals surface area contributed by atoms with Gasteiger partial charge in [0.1, 0.15) is 6.04 Å². The first-order chi connectivity index (χ1) is 12.5. The van der Waals surface area contributed by atoms with Crippen LogP contribution in [0.3, 0.4) is 0 Å². The Kier molecular flexibility index (Phi) is 5.11. The normalized spacial score (nSPS) is 15.9. The third kappa shape index (κ3) is 3.35. The van der Waals surface area contributed by atoms with E-state index in [2.05, 4.69) is 0 Å². The average Bonchev–Trinajstić information content (AvgIpc) is 2.66. The van der Waals surface area contributed by atoms with Crippen LogP contribution in [0.15, 0.2) is 42.5 Å². The zero-order chi connectivity index (χ0) is 18.7. The van der Waals surface area contributed by atoms with E-state index >= 15 is 0 Å². The Morgan fingerprint density at radius 2 is 1.88 bits per heavy atom. The Labute approximate surface area is 152 Å². The summed E-state index contributed by atoms with van der Waals surface area (Å²) in [5.41, 5.74) is 8.07. The standard InChI is InChI=1S/C20H22N2O4/c1-3-26-17-9-8-14(11-18(17)25-2)20(24)22-12-15-7-5-4-6-13(15)10-16(22)19(21)23/h4-9,11,16H,3,10,12H2,1-2H3,(H2,21,23)/t16-/m0/s1. The lowest BCUT2D eigenvalue weighted by Gasteiger charge is -2.35. The van der Waals surface area contributed by atoms with Crippen LogP contribution in [-0.2, 0) is 17.8 Å². The number of primary amides is 1. The molecule has 0 radical (unpaired) electrons. The smallest absolute Gasteiger partial charge is 0.254 e. The zero-order valence-corrected chi connectivity index (χ0v) is 14.9. The molecule has 136 valence electrons. The van der Waals surface area contributed by atoms with Crippen molar-refractivity contribution in [1.29, 1.82) is 0 Å². The minimum Gasteiger partial charge on any atom is -0.493 e. The van der Waals surface area contributed by atoms with E-state index in [1.807, 2.05) is 31.2 Å². The maximum Gasteiger partial charge on any atom is 0.254 e. The molecule has 0 aliphatic carbocycles. The van der Waals surface area contributed by atoms with E-state index in [-0.39, 0.29) is 5.91 Å². The molecule has 0 saturated carbocycles. The number of amides is 2. The van der Waals surface area contributed by atoms with Crippen molar-refractivity contribution in [1.82, 2.24) is 4.90 Å². The van der Waals surface area contributed by atoms with Crippen LogP contribution >= 0.6 is 0 Å². The van der Waals surface area contributed by atoms with Gasteiger partial charge in [0.25, 0.3) is 5.91 Å². The molecule has 0 bridgehead atoms. The maximum absolute atomic E-state index is 13.1. The second-order valence-electron chi connectivity index (χ2n) is 6.12. The van der Waals surface area contributed by atoms with E-state index in [0.29, 0.717) is 36.6 Å². The summed E-state index contributed by atoms with van der Waals surface area (Å²) in [6.45, 7) is 2.72. The molecule has 2 N–H and O–H groups in total. The molecule has 2 aromatic carbocycles. The fourth-order valence-electron chi connectivity index (χ4n) is 3.23. The first-order valence-electron chi connectivity index (χ1n) is 8.53. The summed E-state index contributed by atoms with van der Waals surface area (Å²) in [5, 5.41) is 0. The predicted octanol–water partition coefficient (Wildman–Crippen LogP) is 2.15. The summed E-state index contributed by atoms with van der Waals surface area (Å²) in [7, 11) is 1.52. The number of rotatable bonds is 5. The van der Waals surface area contributed by atoms with Crippen LogP contribution in [0.2, 0.25) is 0 Å².